The lowest BCUT2D eigenvalue weighted by molar-refractivity contribution is 0.542. The number of rotatable bonds is 7. The minimum atomic E-state index is 0.404. The molecule has 0 radical (unpaired) electrons. The van der Waals surface area contributed by atoms with Crippen LogP contribution >= 0.6 is 0 Å². The molecule has 0 saturated heterocycles. The molecule has 0 spiro atoms. The van der Waals surface area contributed by atoms with Crippen molar-refractivity contribution < 1.29 is 0 Å². The van der Waals surface area contributed by atoms with Gasteiger partial charge in [0.2, 0.25) is 0 Å². The Kier molecular flexibility index (Phi) is 5.03. The monoisotopic (exact) mass is 289 g/mol. The summed E-state index contributed by atoms with van der Waals surface area (Å²) in [6.07, 6.45) is 3.47. The van der Waals surface area contributed by atoms with E-state index in [1.807, 2.05) is 0 Å². The summed E-state index contributed by atoms with van der Waals surface area (Å²) in [5, 5.41) is 3.50. The summed E-state index contributed by atoms with van der Waals surface area (Å²) < 4.78 is 0. The maximum Gasteiger partial charge on any atom is 0.132 e. The molecule has 1 aromatic heterocycles. The fourth-order valence-corrected chi connectivity index (χ4v) is 2.97. The highest BCUT2D eigenvalue weighted by molar-refractivity contribution is 5.27. The van der Waals surface area contributed by atoms with Crippen molar-refractivity contribution in [1.29, 1.82) is 0 Å². The first kappa shape index (κ1) is 16.4. The average Bonchev–Trinajstić information content (AvgIpc) is 3.00. The minimum Gasteiger partial charge on any atom is -0.316 e. The minimum absolute atomic E-state index is 0.404. The van der Waals surface area contributed by atoms with Crippen LogP contribution in [0.4, 0.5) is 0 Å². The molecule has 21 heavy (non-hydrogen) atoms. The molecule has 1 aliphatic carbocycles. The van der Waals surface area contributed by atoms with Crippen molar-refractivity contribution in [3.8, 4) is 0 Å². The Morgan fingerprint density at radius 1 is 1.19 bits per heavy atom. The van der Waals surface area contributed by atoms with E-state index < -0.39 is 0 Å². The molecular weight excluding hydrogens is 258 g/mol. The zero-order chi connectivity index (χ0) is 15.6. The van der Waals surface area contributed by atoms with Crippen LogP contribution in [0.5, 0.6) is 0 Å². The number of aryl methyl sites for hydroxylation is 2. The summed E-state index contributed by atoms with van der Waals surface area (Å²) in [6, 6.07) is 0. The van der Waals surface area contributed by atoms with Crippen LogP contribution in [-0.2, 0) is 6.42 Å². The van der Waals surface area contributed by atoms with E-state index in [-0.39, 0.29) is 0 Å². The van der Waals surface area contributed by atoms with Crippen LogP contribution in [-0.4, -0.2) is 23.1 Å². The van der Waals surface area contributed by atoms with Crippen molar-refractivity contribution in [1.82, 2.24) is 15.3 Å². The Morgan fingerprint density at radius 2 is 1.76 bits per heavy atom. The Balaban J connectivity index is 1.92. The van der Waals surface area contributed by atoms with Gasteiger partial charge in [-0.1, -0.05) is 27.7 Å². The first-order valence-electron chi connectivity index (χ1n) is 8.36. The Labute approximate surface area is 130 Å². The van der Waals surface area contributed by atoms with Crippen LogP contribution in [0.3, 0.4) is 0 Å². The molecule has 1 fully saturated rings. The summed E-state index contributed by atoms with van der Waals surface area (Å²) in [5.41, 5.74) is 4.12. The van der Waals surface area contributed by atoms with E-state index >= 15 is 0 Å². The van der Waals surface area contributed by atoms with E-state index in [0.717, 1.165) is 37.7 Å². The van der Waals surface area contributed by atoms with E-state index in [9.17, 15) is 0 Å². The molecule has 1 atom stereocenters. The van der Waals surface area contributed by atoms with Crippen LogP contribution in [0.15, 0.2) is 0 Å². The van der Waals surface area contributed by atoms with Gasteiger partial charge in [-0.3, -0.25) is 0 Å². The largest absolute Gasteiger partial charge is 0.316 e. The van der Waals surface area contributed by atoms with E-state index in [2.05, 4.69) is 46.9 Å². The second kappa shape index (κ2) is 6.43. The van der Waals surface area contributed by atoms with Crippen molar-refractivity contribution in [2.75, 3.05) is 13.1 Å². The average molecular weight is 289 g/mol. The highest BCUT2D eigenvalue weighted by atomic mass is 14.9. The fraction of sp³-hybridized carbons (Fsp3) is 0.778. The maximum absolute atomic E-state index is 4.79. The lowest BCUT2D eigenvalue weighted by Crippen LogP contribution is -2.21. The summed E-state index contributed by atoms with van der Waals surface area (Å²) in [4.78, 5) is 9.57. The topological polar surface area (TPSA) is 37.8 Å². The Bertz CT molecular complexity index is 468. The van der Waals surface area contributed by atoms with Gasteiger partial charge >= 0.3 is 0 Å². The predicted molar refractivity (Wildman–Crippen MR) is 88.7 cm³/mol. The molecule has 1 saturated carbocycles. The molecule has 1 heterocycles. The summed E-state index contributed by atoms with van der Waals surface area (Å²) >= 11 is 0. The standard InChI is InChI=1S/C18H31N3/c1-12(2)11-19-9-7-8-15-13(3)20-17(21-14(15)4)16-10-18(16,5)6/h12,16,19H,7-11H2,1-6H3. The third-order valence-electron chi connectivity index (χ3n) is 4.60. The van der Waals surface area contributed by atoms with Crippen molar-refractivity contribution in [2.24, 2.45) is 11.3 Å². The van der Waals surface area contributed by atoms with E-state index in [1.54, 1.807) is 0 Å². The molecule has 3 nitrogen and oxygen atoms in total. The molecular formula is C18H31N3. The van der Waals surface area contributed by atoms with Gasteiger partial charge in [-0.2, -0.15) is 0 Å². The van der Waals surface area contributed by atoms with Crippen LogP contribution in [0.2, 0.25) is 0 Å². The van der Waals surface area contributed by atoms with Gasteiger partial charge in [0, 0.05) is 17.3 Å². The highest BCUT2D eigenvalue weighted by Gasteiger charge is 2.48. The van der Waals surface area contributed by atoms with E-state index in [0.29, 0.717) is 11.3 Å². The molecule has 1 N–H and O–H groups in total. The maximum atomic E-state index is 4.79. The van der Waals surface area contributed by atoms with Gasteiger partial charge in [-0.25, -0.2) is 9.97 Å². The van der Waals surface area contributed by atoms with Gasteiger partial charge < -0.3 is 5.32 Å². The van der Waals surface area contributed by atoms with E-state index in [1.165, 1.54) is 23.4 Å². The van der Waals surface area contributed by atoms with Crippen LogP contribution in [0.25, 0.3) is 0 Å². The van der Waals surface area contributed by atoms with Crippen molar-refractivity contribution in [3.05, 3.63) is 22.8 Å². The zero-order valence-electron chi connectivity index (χ0n) is 14.6. The molecule has 1 aromatic rings. The number of nitrogens with one attached hydrogen (secondary N) is 1. The van der Waals surface area contributed by atoms with Gasteiger partial charge in [0.05, 0.1) is 0 Å². The Morgan fingerprint density at radius 3 is 2.24 bits per heavy atom. The molecule has 0 aliphatic heterocycles. The molecule has 0 aromatic carbocycles. The zero-order valence-corrected chi connectivity index (χ0v) is 14.6. The Hall–Kier alpha value is -0.960. The third kappa shape index (κ3) is 4.26. The summed E-state index contributed by atoms with van der Waals surface area (Å²) in [6.45, 7) is 15.6. The first-order valence-corrected chi connectivity index (χ1v) is 8.36. The number of aromatic nitrogens is 2. The molecule has 2 rings (SSSR count). The fourth-order valence-electron chi connectivity index (χ4n) is 2.97. The molecule has 1 aliphatic rings. The van der Waals surface area contributed by atoms with E-state index in [4.69, 9.17) is 9.97 Å². The molecule has 0 amide bonds. The summed E-state index contributed by atoms with van der Waals surface area (Å²) in [7, 11) is 0. The smallest absolute Gasteiger partial charge is 0.132 e. The predicted octanol–water partition coefficient (Wildman–Crippen LogP) is 3.79. The summed E-state index contributed by atoms with van der Waals surface area (Å²) in [5.74, 6) is 2.35. The lowest BCUT2D eigenvalue weighted by Gasteiger charge is -2.12. The van der Waals surface area contributed by atoms with Gasteiger partial charge in [0.25, 0.3) is 0 Å². The van der Waals surface area contributed by atoms with Gasteiger partial charge in [0.15, 0.2) is 0 Å². The number of nitrogens with zero attached hydrogens (tertiary/aromatic N) is 2. The van der Waals surface area contributed by atoms with Crippen molar-refractivity contribution in [3.63, 3.8) is 0 Å². The lowest BCUT2D eigenvalue weighted by atomic mass is 10.1. The molecule has 1 unspecified atom stereocenters. The second-order valence-corrected chi connectivity index (χ2v) is 7.68. The quantitative estimate of drug-likeness (QED) is 0.776. The second-order valence-electron chi connectivity index (χ2n) is 7.68. The number of hydrogen-bond donors (Lipinski definition) is 1. The highest BCUT2D eigenvalue weighted by Crippen LogP contribution is 2.57. The normalized spacial score (nSPS) is 20.0. The number of hydrogen-bond acceptors (Lipinski definition) is 3. The van der Waals surface area contributed by atoms with Gasteiger partial charge in [-0.05, 0) is 63.1 Å². The molecule has 3 heteroatoms. The molecule has 118 valence electrons. The van der Waals surface area contributed by atoms with Gasteiger partial charge in [-0.15, -0.1) is 0 Å². The van der Waals surface area contributed by atoms with Crippen molar-refractivity contribution in [2.45, 2.75) is 66.7 Å². The SMILES string of the molecule is Cc1nc(C2CC2(C)C)nc(C)c1CCCNCC(C)C. The first-order chi connectivity index (χ1) is 9.81. The van der Waals surface area contributed by atoms with Gasteiger partial charge in [0.1, 0.15) is 5.82 Å². The van der Waals surface area contributed by atoms with Crippen LogP contribution in [0.1, 0.15) is 69.2 Å². The van der Waals surface area contributed by atoms with Crippen LogP contribution < -0.4 is 5.32 Å². The molecule has 0 bridgehead atoms. The third-order valence-corrected chi connectivity index (χ3v) is 4.60. The van der Waals surface area contributed by atoms with Crippen LogP contribution in [0, 0.1) is 25.2 Å². The van der Waals surface area contributed by atoms with Crippen molar-refractivity contribution >= 4 is 0 Å².